The summed E-state index contributed by atoms with van der Waals surface area (Å²) in [4.78, 5) is 2.45. The fraction of sp³-hybridized carbons (Fsp3) is 0.600. The van der Waals surface area contributed by atoms with E-state index < -0.39 is 0 Å². The van der Waals surface area contributed by atoms with Crippen LogP contribution in [-0.4, -0.2) is 24.5 Å². The molecule has 1 nitrogen and oxygen atoms in total. The van der Waals surface area contributed by atoms with E-state index in [-0.39, 0.29) is 0 Å². The van der Waals surface area contributed by atoms with Crippen molar-refractivity contribution in [3.63, 3.8) is 0 Å². The first-order valence-electron chi connectivity index (χ1n) is 4.46. The first kappa shape index (κ1) is 8.54. The predicted octanol–water partition coefficient (Wildman–Crippen LogP) is 2.21. The summed E-state index contributed by atoms with van der Waals surface area (Å²) in [5.41, 5.74) is 0. The van der Waals surface area contributed by atoms with Gasteiger partial charge in [-0.05, 0) is 12.8 Å². The Bertz CT molecular complexity index is 147. The van der Waals surface area contributed by atoms with Crippen molar-refractivity contribution < 1.29 is 0 Å². The number of nitrogens with zero attached hydrogens (tertiary/aromatic N) is 1. The van der Waals surface area contributed by atoms with E-state index in [0.29, 0.717) is 0 Å². The molecular formula is C10H17N. The first-order chi connectivity index (χ1) is 5.43. The van der Waals surface area contributed by atoms with Crippen molar-refractivity contribution in [3.8, 4) is 0 Å². The van der Waals surface area contributed by atoms with Crippen molar-refractivity contribution in [1.82, 2.24) is 4.90 Å². The Kier molecular flexibility index (Phi) is 3.99. The van der Waals surface area contributed by atoms with Crippen LogP contribution in [0.3, 0.4) is 0 Å². The normalized spacial score (nSPS) is 19.7. The number of allylic oxidation sites excluding steroid dienone is 1. The molecule has 1 heteroatoms. The summed E-state index contributed by atoms with van der Waals surface area (Å²) in [6, 6.07) is 0. The van der Waals surface area contributed by atoms with Crippen LogP contribution in [0.2, 0.25) is 0 Å². The third-order valence-corrected chi connectivity index (χ3v) is 1.91. The quantitative estimate of drug-likeness (QED) is 0.559. The second kappa shape index (κ2) is 5.14. The van der Waals surface area contributed by atoms with Crippen molar-refractivity contribution in [2.45, 2.75) is 19.8 Å². The zero-order valence-corrected chi connectivity index (χ0v) is 7.29. The molecule has 1 aliphatic rings. The molecule has 0 saturated heterocycles. The molecule has 0 bridgehead atoms. The van der Waals surface area contributed by atoms with Crippen molar-refractivity contribution in [1.29, 1.82) is 0 Å². The van der Waals surface area contributed by atoms with Crippen LogP contribution in [0.5, 0.6) is 0 Å². The van der Waals surface area contributed by atoms with Crippen LogP contribution in [-0.2, 0) is 0 Å². The van der Waals surface area contributed by atoms with Gasteiger partial charge in [-0.2, -0.15) is 0 Å². The zero-order chi connectivity index (χ0) is 7.94. The molecule has 0 aromatic rings. The van der Waals surface area contributed by atoms with Crippen molar-refractivity contribution in [2.24, 2.45) is 0 Å². The molecule has 0 spiro atoms. The summed E-state index contributed by atoms with van der Waals surface area (Å²) in [7, 11) is 0. The highest BCUT2D eigenvalue weighted by Crippen LogP contribution is 2.00. The Morgan fingerprint density at radius 2 is 2.27 bits per heavy atom. The van der Waals surface area contributed by atoms with Gasteiger partial charge in [-0.3, -0.25) is 4.90 Å². The standard InChI is InChI=1S/C10H17N/c1-2-3-5-8-11-9-6-4-7-10-11/h3-6H,2,7-10H2,1H3. The molecule has 0 radical (unpaired) electrons. The summed E-state index contributed by atoms with van der Waals surface area (Å²) in [5, 5.41) is 0. The first-order valence-corrected chi connectivity index (χ1v) is 4.46. The fourth-order valence-corrected chi connectivity index (χ4v) is 1.25. The van der Waals surface area contributed by atoms with Crippen LogP contribution in [0, 0.1) is 0 Å². The average molecular weight is 151 g/mol. The lowest BCUT2D eigenvalue weighted by Crippen LogP contribution is -2.27. The van der Waals surface area contributed by atoms with E-state index >= 15 is 0 Å². The van der Waals surface area contributed by atoms with Crippen LogP contribution in [0.4, 0.5) is 0 Å². The molecule has 0 aromatic carbocycles. The summed E-state index contributed by atoms with van der Waals surface area (Å²) in [6.07, 6.45) is 11.4. The van der Waals surface area contributed by atoms with Gasteiger partial charge in [-0.1, -0.05) is 31.2 Å². The molecule has 1 rings (SSSR count). The minimum atomic E-state index is 1.12. The van der Waals surface area contributed by atoms with Crippen LogP contribution in [0.1, 0.15) is 19.8 Å². The fourth-order valence-electron chi connectivity index (χ4n) is 1.25. The van der Waals surface area contributed by atoms with Gasteiger partial charge in [0.15, 0.2) is 0 Å². The topological polar surface area (TPSA) is 3.24 Å². The van der Waals surface area contributed by atoms with E-state index in [1.165, 1.54) is 13.0 Å². The third kappa shape index (κ3) is 3.38. The SMILES string of the molecule is CCC=CCN1CC=CCC1. The van der Waals surface area contributed by atoms with Gasteiger partial charge in [-0.15, -0.1) is 0 Å². The van der Waals surface area contributed by atoms with Gasteiger partial charge < -0.3 is 0 Å². The van der Waals surface area contributed by atoms with Gasteiger partial charge in [0.1, 0.15) is 0 Å². The van der Waals surface area contributed by atoms with E-state index in [1.54, 1.807) is 0 Å². The lowest BCUT2D eigenvalue weighted by atomic mass is 10.2. The largest absolute Gasteiger partial charge is 0.296 e. The minimum Gasteiger partial charge on any atom is -0.296 e. The number of hydrogen-bond donors (Lipinski definition) is 0. The van der Waals surface area contributed by atoms with Gasteiger partial charge in [0, 0.05) is 19.6 Å². The second-order valence-electron chi connectivity index (χ2n) is 2.90. The molecular weight excluding hydrogens is 134 g/mol. The highest BCUT2D eigenvalue weighted by Gasteiger charge is 2.01. The molecule has 0 aliphatic carbocycles. The molecule has 1 aliphatic heterocycles. The Balaban J connectivity index is 2.16. The molecule has 0 aromatic heterocycles. The second-order valence-corrected chi connectivity index (χ2v) is 2.90. The van der Waals surface area contributed by atoms with E-state index in [2.05, 4.69) is 36.1 Å². The van der Waals surface area contributed by atoms with E-state index in [4.69, 9.17) is 0 Å². The molecule has 1 heterocycles. The van der Waals surface area contributed by atoms with Crippen molar-refractivity contribution in [2.75, 3.05) is 19.6 Å². The Hall–Kier alpha value is -0.560. The van der Waals surface area contributed by atoms with E-state index in [9.17, 15) is 0 Å². The van der Waals surface area contributed by atoms with Crippen molar-refractivity contribution in [3.05, 3.63) is 24.3 Å². The molecule has 11 heavy (non-hydrogen) atoms. The van der Waals surface area contributed by atoms with Crippen molar-refractivity contribution >= 4 is 0 Å². The highest BCUT2D eigenvalue weighted by molar-refractivity contribution is 4.93. The third-order valence-electron chi connectivity index (χ3n) is 1.91. The summed E-state index contributed by atoms with van der Waals surface area (Å²) >= 11 is 0. The van der Waals surface area contributed by atoms with Gasteiger partial charge in [0.25, 0.3) is 0 Å². The molecule has 0 N–H and O–H groups in total. The Labute approximate surface area is 69.4 Å². The molecule has 62 valence electrons. The Morgan fingerprint density at radius 1 is 1.36 bits per heavy atom. The Morgan fingerprint density at radius 3 is 2.91 bits per heavy atom. The summed E-state index contributed by atoms with van der Waals surface area (Å²) in [5.74, 6) is 0. The monoisotopic (exact) mass is 151 g/mol. The van der Waals surface area contributed by atoms with Crippen LogP contribution >= 0.6 is 0 Å². The van der Waals surface area contributed by atoms with Gasteiger partial charge in [0.05, 0.1) is 0 Å². The van der Waals surface area contributed by atoms with E-state index in [1.807, 2.05) is 0 Å². The van der Waals surface area contributed by atoms with Gasteiger partial charge in [0.2, 0.25) is 0 Å². The van der Waals surface area contributed by atoms with Gasteiger partial charge >= 0.3 is 0 Å². The molecule has 0 amide bonds. The molecule has 0 fully saturated rings. The van der Waals surface area contributed by atoms with Crippen LogP contribution in [0.15, 0.2) is 24.3 Å². The summed E-state index contributed by atoms with van der Waals surface area (Å²) < 4.78 is 0. The average Bonchev–Trinajstić information content (AvgIpc) is 2.07. The zero-order valence-electron chi connectivity index (χ0n) is 7.29. The highest BCUT2D eigenvalue weighted by atomic mass is 15.1. The minimum absolute atomic E-state index is 1.12. The van der Waals surface area contributed by atoms with Gasteiger partial charge in [-0.25, -0.2) is 0 Å². The predicted molar refractivity (Wildman–Crippen MR) is 49.6 cm³/mol. The summed E-state index contributed by atoms with van der Waals surface area (Å²) in [6.45, 7) is 5.66. The van der Waals surface area contributed by atoms with Crippen LogP contribution in [0.25, 0.3) is 0 Å². The lowest BCUT2D eigenvalue weighted by Gasteiger charge is -2.20. The number of rotatable bonds is 3. The molecule has 0 unspecified atom stereocenters. The maximum atomic E-state index is 2.45. The lowest BCUT2D eigenvalue weighted by molar-refractivity contribution is 0.331. The maximum absolute atomic E-state index is 2.45. The molecule has 0 atom stereocenters. The van der Waals surface area contributed by atoms with E-state index in [0.717, 1.165) is 19.5 Å². The van der Waals surface area contributed by atoms with Crippen LogP contribution < -0.4 is 0 Å². The number of hydrogen-bond acceptors (Lipinski definition) is 1. The maximum Gasteiger partial charge on any atom is 0.0166 e. The smallest absolute Gasteiger partial charge is 0.0166 e. The molecule has 0 saturated carbocycles.